The highest BCUT2D eigenvalue weighted by Gasteiger charge is 2.46. The number of methoxy groups -OCH3 is 2. The van der Waals surface area contributed by atoms with E-state index in [9.17, 15) is 18.8 Å². The Morgan fingerprint density at radius 2 is 1.90 bits per heavy atom. The van der Waals surface area contributed by atoms with E-state index in [0.29, 0.717) is 11.4 Å². The molecule has 8 nitrogen and oxygen atoms in total. The van der Waals surface area contributed by atoms with Gasteiger partial charge in [0.15, 0.2) is 0 Å². The van der Waals surface area contributed by atoms with Gasteiger partial charge in [0, 0.05) is 25.4 Å². The lowest BCUT2D eigenvalue weighted by atomic mass is 10.1. The average Bonchev–Trinajstić information content (AvgIpc) is 2.95. The minimum absolute atomic E-state index is 0.138. The van der Waals surface area contributed by atoms with Crippen molar-refractivity contribution in [2.45, 2.75) is 12.5 Å². The van der Waals surface area contributed by atoms with Gasteiger partial charge in [-0.3, -0.25) is 9.59 Å². The molecular formula is C21H22FN3O5. The number of anilines is 2. The molecule has 1 aliphatic rings. The number of amides is 4. The molecule has 0 spiro atoms. The predicted octanol–water partition coefficient (Wildman–Crippen LogP) is 2.65. The Bertz CT molecular complexity index is 952. The van der Waals surface area contributed by atoms with Crippen LogP contribution in [0.2, 0.25) is 0 Å². The first-order valence-corrected chi connectivity index (χ1v) is 9.27. The maximum absolute atomic E-state index is 13.3. The standard InChI is InChI=1S/C21H22FN3O5/c1-29-10-9-24-18(13-19(26)23-15-6-3-5-14(22)11-15)20(27)25(21(24)28)16-7-4-8-17(12-16)30-2/h3-8,11-12,18H,9-10,13H2,1-2H3,(H,23,26)/t18-/m1/s1. The van der Waals surface area contributed by atoms with Crippen molar-refractivity contribution in [3.63, 3.8) is 0 Å². The zero-order valence-corrected chi connectivity index (χ0v) is 16.6. The largest absolute Gasteiger partial charge is 0.497 e. The third-order valence-electron chi connectivity index (χ3n) is 4.65. The normalized spacial score (nSPS) is 16.2. The van der Waals surface area contributed by atoms with E-state index in [1.54, 1.807) is 24.3 Å². The number of urea groups is 1. The number of nitrogens with one attached hydrogen (secondary N) is 1. The summed E-state index contributed by atoms with van der Waals surface area (Å²) in [6, 6.07) is 10.4. The Morgan fingerprint density at radius 1 is 1.13 bits per heavy atom. The summed E-state index contributed by atoms with van der Waals surface area (Å²) in [5.74, 6) is -1.05. The highest BCUT2D eigenvalue weighted by molar-refractivity contribution is 6.22. The van der Waals surface area contributed by atoms with E-state index in [0.717, 1.165) is 4.90 Å². The summed E-state index contributed by atoms with van der Waals surface area (Å²) in [6.45, 7) is 0.340. The summed E-state index contributed by atoms with van der Waals surface area (Å²) in [6.07, 6.45) is -0.273. The summed E-state index contributed by atoms with van der Waals surface area (Å²) < 4.78 is 23.6. The van der Waals surface area contributed by atoms with Crippen LogP contribution in [0.3, 0.4) is 0 Å². The fourth-order valence-corrected chi connectivity index (χ4v) is 3.22. The topological polar surface area (TPSA) is 88.2 Å². The van der Waals surface area contributed by atoms with Crippen LogP contribution in [-0.4, -0.2) is 56.2 Å². The quantitative estimate of drug-likeness (QED) is 0.670. The molecule has 1 atom stereocenters. The molecule has 1 saturated heterocycles. The number of benzene rings is 2. The van der Waals surface area contributed by atoms with Crippen LogP contribution < -0.4 is 15.0 Å². The molecule has 0 aliphatic carbocycles. The fraction of sp³-hybridized carbons (Fsp3) is 0.286. The molecule has 2 aromatic rings. The van der Waals surface area contributed by atoms with Gasteiger partial charge in [0.25, 0.3) is 5.91 Å². The molecule has 2 aromatic carbocycles. The van der Waals surface area contributed by atoms with Crippen LogP contribution in [0.1, 0.15) is 6.42 Å². The molecule has 1 fully saturated rings. The number of rotatable bonds is 8. The second kappa shape index (κ2) is 9.36. The van der Waals surface area contributed by atoms with E-state index >= 15 is 0 Å². The van der Waals surface area contributed by atoms with Gasteiger partial charge < -0.3 is 19.7 Å². The minimum atomic E-state index is -1.01. The zero-order valence-electron chi connectivity index (χ0n) is 16.6. The Kier molecular flexibility index (Phi) is 6.63. The van der Waals surface area contributed by atoms with Gasteiger partial charge in [-0.25, -0.2) is 14.1 Å². The molecule has 1 aliphatic heterocycles. The van der Waals surface area contributed by atoms with Crippen molar-refractivity contribution in [2.75, 3.05) is 37.6 Å². The summed E-state index contributed by atoms with van der Waals surface area (Å²) in [7, 11) is 2.96. The fourth-order valence-electron chi connectivity index (χ4n) is 3.22. The number of imide groups is 1. The van der Waals surface area contributed by atoms with E-state index in [1.165, 1.54) is 43.4 Å². The molecule has 30 heavy (non-hydrogen) atoms. The van der Waals surface area contributed by atoms with Gasteiger partial charge in [-0.15, -0.1) is 0 Å². The molecule has 4 amide bonds. The molecule has 1 heterocycles. The second-order valence-corrected chi connectivity index (χ2v) is 6.62. The number of nitrogens with zero attached hydrogens (tertiary/aromatic N) is 2. The molecule has 3 rings (SSSR count). The maximum Gasteiger partial charge on any atom is 0.332 e. The van der Waals surface area contributed by atoms with Crippen molar-refractivity contribution >= 4 is 29.2 Å². The maximum atomic E-state index is 13.3. The van der Waals surface area contributed by atoms with Crippen LogP contribution >= 0.6 is 0 Å². The van der Waals surface area contributed by atoms with Crippen LogP contribution in [0.4, 0.5) is 20.6 Å². The summed E-state index contributed by atoms with van der Waals surface area (Å²) in [5, 5.41) is 2.56. The Labute approximate surface area is 173 Å². The molecule has 0 bridgehead atoms. The summed E-state index contributed by atoms with van der Waals surface area (Å²) in [5.41, 5.74) is 0.615. The highest BCUT2D eigenvalue weighted by Crippen LogP contribution is 2.29. The van der Waals surface area contributed by atoms with Crippen molar-refractivity contribution in [1.29, 1.82) is 0 Å². The number of hydrogen-bond acceptors (Lipinski definition) is 5. The predicted molar refractivity (Wildman–Crippen MR) is 108 cm³/mol. The van der Waals surface area contributed by atoms with Gasteiger partial charge >= 0.3 is 6.03 Å². The number of carbonyl (C=O) groups excluding carboxylic acids is 3. The van der Waals surface area contributed by atoms with Gasteiger partial charge in [0.05, 0.1) is 25.8 Å². The highest BCUT2D eigenvalue weighted by atomic mass is 19.1. The monoisotopic (exact) mass is 415 g/mol. The first-order chi connectivity index (χ1) is 14.4. The van der Waals surface area contributed by atoms with E-state index in [2.05, 4.69) is 5.32 Å². The third-order valence-corrected chi connectivity index (χ3v) is 4.65. The first kappa shape index (κ1) is 21.3. The van der Waals surface area contributed by atoms with E-state index in [4.69, 9.17) is 9.47 Å². The number of hydrogen-bond donors (Lipinski definition) is 1. The molecule has 0 aromatic heterocycles. The summed E-state index contributed by atoms with van der Waals surface area (Å²) in [4.78, 5) is 40.9. The third kappa shape index (κ3) is 4.57. The van der Waals surface area contributed by atoms with Crippen LogP contribution in [0.5, 0.6) is 5.75 Å². The second-order valence-electron chi connectivity index (χ2n) is 6.62. The van der Waals surface area contributed by atoms with E-state index < -0.39 is 29.7 Å². The van der Waals surface area contributed by atoms with Gasteiger partial charge in [-0.1, -0.05) is 12.1 Å². The SMILES string of the molecule is COCCN1C(=O)N(c2cccc(OC)c2)C(=O)[C@H]1CC(=O)Nc1cccc(F)c1. The van der Waals surface area contributed by atoms with Crippen molar-refractivity contribution in [3.8, 4) is 5.75 Å². The lowest BCUT2D eigenvalue weighted by Gasteiger charge is -2.21. The minimum Gasteiger partial charge on any atom is -0.497 e. The van der Waals surface area contributed by atoms with Crippen molar-refractivity contribution < 1.29 is 28.2 Å². The summed E-state index contributed by atoms with van der Waals surface area (Å²) >= 11 is 0. The smallest absolute Gasteiger partial charge is 0.332 e. The lowest BCUT2D eigenvalue weighted by Crippen LogP contribution is -2.39. The van der Waals surface area contributed by atoms with Crippen LogP contribution in [0.15, 0.2) is 48.5 Å². The van der Waals surface area contributed by atoms with Gasteiger partial charge in [0.2, 0.25) is 5.91 Å². The lowest BCUT2D eigenvalue weighted by molar-refractivity contribution is -0.124. The molecule has 0 saturated carbocycles. The van der Waals surface area contributed by atoms with Crippen molar-refractivity contribution in [1.82, 2.24) is 4.90 Å². The van der Waals surface area contributed by atoms with E-state index in [-0.39, 0.29) is 25.3 Å². The number of carbonyl (C=O) groups is 3. The van der Waals surface area contributed by atoms with Gasteiger partial charge in [-0.05, 0) is 30.3 Å². The Balaban J connectivity index is 1.82. The van der Waals surface area contributed by atoms with Crippen molar-refractivity contribution in [3.05, 3.63) is 54.3 Å². The van der Waals surface area contributed by atoms with Gasteiger partial charge in [-0.2, -0.15) is 0 Å². The van der Waals surface area contributed by atoms with Gasteiger partial charge in [0.1, 0.15) is 17.6 Å². The van der Waals surface area contributed by atoms with Crippen LogP contribution in [0.25, 0.3) is 0 Å². The molecule has 1 N–H and O–H groups in total. The molecule has 158 valence electrons. The molecular weight excluding hydrogens is 393 g/mol. The Hall–Kier alpha value is -3.46. The van der Waals surface area contributed by atoms with Crippen LogP contribution in [-0.2, 0) is 14.3 Å². The molecule has 0 radical (unpaired) electrons. The first-order valence-electron chi connectivity index (χ1n) is 9.27. The zero-order chi connectivity index (χ0) is 21.7. The van der Waals surface area contributed by atoms with Crippen LogP contribution in [0, 0.1) is 5.82 Å². The average molecular weight is 415 g/mol. The molecule has 0 unspecified atom stereocenters. The van der Waals surface area contributed by atoms with Crippen molar-refractivity contribution in [2.24, 2.45) is 0 Å². The van der Waals surface area contributed by atoms with E-state index in [1.807, 2.05) is 0 Å². The Morgan fingerprint density at radius 3 is 2.60 bits per heavy atom. The number of halogens is 1. The molecule has 9 heteroatoms. The number of ether oxygens (including phenoxy) is 2.